The Kier molecular flexibility index (Phi) is 5.05. The smallest absolute Gasteiger partial charge is 0.336 e. The molecule has 0 radical (unpaired) electrons. The van der Waals surface area contributed by atoms with Crippen molar-refractivity contribution in [1.29, 1.82) is 0 Å². The normalized spacial score (nSPS) is 11.1. The monoisotopic (exact) mass is 397 g/mol. The molecule has 0 amide bonds. The quantitative estimate of drug-likeness (QED) is 0.393. The first-order valence-electron chi connectivity index (χ1n) is 8.42. The largest absolute Gasteiger partial charge is 0.508 e. The molecule has 0 fully saturated rings. The van der Waals surface area contributed by atoms with E-state index in [1.54, 1.807) is 6.07 Å². The fraction of sp³-hybridized carbons (Fsp3) is 0.150. The predicted molar refractivity (Wildman–Crippen MR) is 103 cm³/mol. The standard InChI is InChI=1S/C20H15NO6S/c22-13-5-6-14-12(7-19(23)27-16(14)8-13)9-26-20(24)11-25-10-18-21-15-3-1-2-4-17(15)28-18/h1-8,22H,9-11H2. The van der Waals surface area contributed by atoms with E-state index >= 15 is 0 Å². The molecule has 0 aliphatic heterocycles. The first kappa shape index (κ1) is 18.1. The number of ether oxygens (including phenoxy) is 2. The van der Waals surface area contributed by atoms with Crippen LogP contribution in [0.2, 0.25) is 0 Å². The van der Waals surface area contributed by atoms with E-state index in [1.165, 1.54) is 29.5 Å². The molecule has 0 unspecified atom stereocenters. The molecule has 8 heteroatoms. The predicted octanol–water partition coefficient (Wildman–Crippen LogP) is 3.37. The second-order valence-electron chi connectivity index (χ2n) is 6.00. The van der Waals surface area contributed by atoms with Crippen molar-refractivity contribution in [2.75, 3.05) is 6.61 Å². The number of nitrogens with zero attached hydrogens (tertiary/aromatic N) is 1. The number of aromatic nitrogens is 1. The van der Waals surface area contributed by atoms with Crippen LogP contribution >= 0.6 is 11.3 Å². The van der Waals surface area contributed by atoms with Gasteiger partial charge in [-0.3, -0.25) is 0 Å². The summed E-state index contributed by atoms with van der Waals surface area (Å²) in [6.07, 6.45) is 0. The van der Waals surface area contributed by atoms with E-state index in [9.17, 15) is 14.7 Å². The van der Waals surface area contributed by atoms with E-state index in [-0.39, 0.29) is 31.2 Å². The molecule has 0 spiro atoms. The molecule has 142 valence electrons. The molecule has 0 aliphatic rings. The zero-order valence-electron chi connectivity index (χ0n) is 14.6. The second-order valence-corrected chi connectivity index (χ2v) is 7.12. The fourth-order valence-corrected chi connectivity index (χ4v) is 3.65. The van der Waals surface area contributed by atoms with Gasteiger partial charge in [-0.15, -0.1) is 11.3 Å². The maximum atomic E-state index is 11.9. The van der Waals surface area contributed by atoms with Gasteiger partial charge in [0, 0.05) is 23.1 Å². The van der Waals surface area contributed by atoms with Gasteiger partial charge in [-0.25, -0.2) is 14.6 Å². The number of hydrogen-bond donors (Lipinski definition) is 1. The molecular weight excluding hydrogens is 382 g/mol. The number of rotatable bonds is 6. The number of carbonyl (C=O) groups is 1. The number of hydrogen-bond acceptors (Lipinski definition) is 8. The van der Waals surface area contributed by atoms with Gasteiger partial charge in [0.2, 0.25) is 0 Å². The van der Waals surface area contributed by atoms with Gasteiger partial charge >= 0.3 is 11.6 Å². The van der Waals surface area contributed by atoms with Gasteiger partial charge in [0.05, 0.1) is 16.8 Å². The topological polar surface area (TPSA) is 98.9 Å². The highest BCUT2D eigenvalue weighted by atomic mass is 32.1. The molecule has 2 aromatic heterocycles. The van der Waals surface area contributed by atoms with Crippen LogP contribution in [-0.4, -0.2) is 22.7 Å². The Morgan fingerprint density at radius 2 is 2.00 bits per heavy atom. The lowest BCUT2D eigenvalue weighted by atomic mass is 10.1. The molecule has 28 heavy (non-hydrogen) atoms. The Labute approximate surface area is 162 Å². The van der Waals surface area contributed by atoms with Crippen molar-refractivity contribution in [2.45, 2.75) is 13.2 Å². The number of carbonyl (C=O) groups excluding carboxylic acids is 1. The zero-order valence-corrected chi connectivity index (χ0v) is 15.4. The number of esters is 1. The summed E-state index contributed by atoms with van der Waals surface area (Å²) in [7, 11) is 0. The first-order valence-corrected chi connectivity index (χ1v) is 9.24. The number of benzene rings is 2. The minimum Gasteiger partial charge on any atom is -0.508 e. The highest BCUT2D eigenvalue weighted by molar-refractivity contribution is 7.18. The van der Waals surface area contributed by atoms with Crippen molar-refractivity contribution < 1.29 is 23.8 Å². The molecule has 2 aromatic carbocycles. The maximum Gasteiger partial charge on any atom is 0.336 e. The molecule has 7 nitrogen and oxygen atoms in total. The van der Waals surface area contributed by atoms with Crippen molar-refractivity contribution in [2.24, 2.45) is 0 Å². The molecule has 2 heterocycles. The summed E-state index contributed by atoms with van der Waals surface area (Å²) in [5.74, 6) is -0.575. The average Bonchev–Trinajstić information content (AvgIpc) is 3.08. The lowest BCUT2D eigenvalue weighted by Gasteiger charge is -2.07. The van der Waals surface area contributed by atoms with Crippen molar-refractivity contribution >= 4 is 38.5 Å². The van der Waals surface area contributed by atoms with Gasteiger partial charge in [0.1, 0.15) is 29.6 Å². The van der Waals surface area contributed by atoms with Crippen LogP contribution in [0.5, 0.6) is 5.75 Å². The van der Waals surface area contributed by atoms with E-state index in [0.29, 0.717) is 10.9 Å². The zero-order chi connectivity index (χ0) is 19.5. The first-order chi connectivity index (χ1) is 13.6. The van der Waals surface area contributed by atoms with Crippen molar-refractivity contribution in [3.63, 3.8) is 0 Å². The number of phenolic OH excluding ortho intramolecular Hbond substituents is 1. The summed E-state index contributed by atoms with van der Waals surface area (Å²) in [6, 6.07) is 13.4. The number of fused-ring (bicyclic) bond motifs is 2. The number of thiazole rings is 1. The Morgan fingerprint density at radius 1 is 1.14 bits per heavy atom. The lowest BCUT2D eigenvalue weighted by Crippen LogP contribution is -2.13. The molecule has 4 rings (SSSR count). The Bertz CT molecular complexity index is 1180. The second kappa shape index (κ2) is 7.79. The van der Waals surface area contributed by atoms with E-state index in [1.807, 2.05) is 24.3 Å². The van der Waals surface area contributed by atoms with Crippen LogP contribution in [0, 0.1) is 0 Å². The third-order valence-electron chi connectivity index (χ3n) is 3.99. The number of aromatic hydroxyl groups is 1. The average molecular weight is 397 g/mol. The van der Waals surface area contributed by atoms with Gasteiger partial charge in [0.15, 0.2) is 0 Å². The van der Waals surface area contributed by atoms with Crippen LogP contribution in [-0.2, 0) is 27.5 Å². The third kappa shape index (κ3) is 4.03. The minimum atomic E-state index is -0.587. The SMILES string of the molecule is O=C(COCc1nc2ccccc2s1)OCc1cc(=O)oc2cc(O)ccc12. The van der Waals surface area contributed by atoms with Crippen LogP contribution in [0.3, 0.4) is 0 Å². The van der Waals surface area contributed by atoms with Gasteiger partial charge in [0.25, 0.3) is 0 Å². The van der Waals surface area contributed by atoms with Gasteiger partial charge in [-0.05, 0) is 24.3 Å². The molecule has 0 saturated carbocycles. The van der Waals surface area contributed by atoms with Crippen molar-refractivity contribution in [3.8, 4) is 5.75 Å². The van der Waals surface area contributed by atoms with E-state index in [0.717, 1.165) is 15.2 Å². The molecule has 1 N–H and O–H groups in total. The Hall–Kier alpha value is -3.23. The highest BCUT2D eigenvalue weighted by Crippen LogP contribution is 2.23. The Balaban J connectivity index is 1.34. The minimum absolute atomic E-state index is 0.0203. The van der Waals surface area contributed by atoms with Gasteiger partial charge in [-0.2, -0.15) is 0 Å². The fourth-order valence-electron chi connectivity index (χ4n) is 2.74. The lowest BCUT2D eigenvalue weighted by molar-refractivity contribution is -0.150. The summed E-state index contributed by atoms with van der Waals surface area (Å²) in [5, 5.41) is 10.9. The molecule has 0 saturated heterocycles. The van der Waals surface area contributed by atoms with Crippen LogP contribution < -0.4 is 5.63 Å². The Morgan fingerprint density at radius 3 is 2.86 bits per heavy atom. The van der Waals surface area contributed by atoms with Crippen LogP contribution in [0.25, 0.3) is 21.2 Å². The maximum absolute atomic E-state index is 11.9. The van der Waals surface area contributed by atoms with Crippen LogP contribution in [0.15, 0.2) is 57.7 Å². The molecule has 0 bridgehead atoms. The van der Waals surface area contributed by atoms with Crippen LogP contribution in [0.1, 0.15) is 10.6 Å². The molecule has 4 aromatic rings. The molecular formula is C20H15NO6S. The summed E-state index contributed by atoms with van der Waals surface area (Å²) < 4.78 is 16.7. The van der Waals surface area contributed by atoms with Crippen molar-refractivity contribution in [1.82, 2.24) is 4.98 Å². The van der Waals surface area contributed by atoms with Crippen LogP contribution in [0.4, 0.5) is 0 Å². The van der Waals surface area contributed by atoms with E-state index in [4.69, 9.17) is 13.9 Å². The van der Waals surface area contributed by atoms with Crippen molar-refractivity contribution in [3.05, 3.63) is 69.5 Å². The van der Waals surface area contributed by atoms with Gasteiger partial charge < -0.3 is 19.0 Å². The third-order valence-corrected chi connectivity index (χ3v) is 5.00. The number of phenols is 1. The molecule has 0 atom stereocenters. The summed E-state index contributed by atoms with van der Waals surface area (Å²) in [6.45, 7) is -0.113. The summed E-state index contributed by atoms with van der Waals surface area (Å²) >= 11 is 1.51. The van der Waals surface area contributed by atoms with Gasteiger partial charge in [-0.1, -0.05) is 12.1 Å². The summed E-state index contributed by atoms with van der Waals surface area (Å²) in [4.78, 5) is 28.0. The van der Waals surface area contributed by atoms with E-state index < -0.39 is 11.6 Å². The number of para-hydroxylation sites is 1. The summed E-state index contributed by atoms with van der Waals surface area (Å²) in [5.41, 5.74) is 1.03. The van der Waals surface area contributed by atoms with E-state index in [2.05, 4.69) is 4.98 Å². The highest BCUT2D eigenvalue weighted by Gasteiger charge is 2.11. The molecule has 0 aliphatic carbocycles.